The Labute approximate surface area is 166 Å². The molecule has 0 radical (unpaired) electrons. The van der Waals surface area contributed by atoms with Gasteiger partial charge < -0.3 is 0 Å². The molecular formula is C27H34. The monoisotopic (exact) mass is 358 g/mol. The van der Waals surface area contributed by atoms with E-state index in [1.807, 2.05) is 6.07 Å². The van der Waals surface area contributed by atoms with E-state index in [-0.39, 0.29) is 0 Å². The molecule has 0 nitrogen and oxygen atoms in total. The number of hydrogen-bond acceptors (Lipinski definition) is 0. The smallest absolute Gasteiger partial charge is 0.0107 e. The highest BCUT2D eigenvalue weighted by Gasteiger charge is 2.07. The number of benzene rings is 1. The van der Waals surface area contributed by atoms with Crippen LogP contribution in [0.3, 0.4) is 0 Å². The second-order valence-electron chi connectivity index (χ2n) is 7.67. The maximum Gasteiger partial charge on any atom is -0.0107 e. The van der Waals surface area contributed by atoms with Crippen molar-refractivity contribution in [3.63, 3.8) is 0 Å². The fourth-order valence-corrected chi connectivity index (χ4v) is 3.23. The lowest BCUT2D eigenvalue weighted by molar-refractivity contribution is 0.662. The highest BCUT2D eigenvalue weighted by molar-refractivity contribution is 5.75. The first kappa shape index (κ1) is 21.0. The molecule has 0 spiro atoms. The molecule has 0 fully saturated rings. The molecule has 1 aromatic rings. The quantitative estimate of drug-likeness (QED) is 0.367. The molecule has 0 saturated heterocycles. The number of allylic oxidation sites excluding steroid dienone is 9. The highest BCUT2D eigenvalue weighted by Crippen LogP contribution is 2.23. The fourth-order valence-electron chi connectivity index (χ4n) is 3.23. The molecule has 2 aliphatic carbocycles. The zero-order valence-corrected chi connectivity index (χ0v) is 17.5. The number of unbranched alkanes of at least 4 members (excludes halogenated alkanes) is 2. The van der Waals surface area contributed by atoms with Crippen molar-refractivity contribution in [2.45, 2.75) is 59.8 Å². The first-order chi connectivity index (χ1) is 13.1. The molecule has 0 saturated carbocycles. The van der Waals surface area contributed by atoms with E-state index in [1.165, 1.54) is 53.5 Å². The van der Waals surface area contributed by atoms with Crippen LogP contribution in [0.2, 0.25) is 0 Å². The summed E-state index contributed by atoms with van der Waals surface area (Å²) in [4.78, 5) is 0. The van der Waals surface area contributed by atoms with Gasteiger partial charge in [0, 0.05) is 0 Å². The van der Waals surface area contributed by atoms with Crippen molar-refractivity contribution < 1.29 is 0 Å². The van der Waals surface area contributed by atoms with E-state index in [0.29, 0.717) is 0 Å². The lowest BCUT2D eigenvalue weighted by Crippen LogP contribution is -2.00. The average Bonchev–Trinajstić information content (AvgIpc) is 2.92. The second kappa shape index (κ2) is 11.4. The van der Waals surface area contributed by atoms with Crippen LogP contribution in [0.5, 0.6) is 0 Å². The van der Waals surface area contributed by atoms with Gasteiger partial charge in [0.2, 0.25) is 0 Å². The SMILES string of the molecule is CC1=CC=C(C)C(C)C1.CCCCCC1=CC=C(c2ccccc2)C=C=C1. The molecule has 2 aliphatic rings. The van der Waals surface area contributed by atoms with Crippen molar-refractivity contribution in [3.05, 3.63) is 94.8 Å². The van der Waals surface area contributed by atoms with Gasteiger partial charge in [-0.05, 0) is 67.9 Å². The average molecular weight is 359 g/mol. The zero-order chi connectivity index (χ0) is 19.5. The summed E-state index contributed by atoms with van der Waals surface area (Å²) in [5.41, 5.74) is 10.2. The first-order valence-corrected chi connectivity index (χ1v) is 10.3. The van der Waals surface area contributed by atoms with Crippen LogP contribution in [0.4, 0.5) is 0 Å². The van der Waals surface area contributed by atoms with Gasteiger partial charge in [-0.1, -0.05) is 92.5 Å². The largest absolute Gasteiger partial charge is 0.120 e. The molecule has 1 atom stereocenters. The van der Waals surface area contributed by atoms with Gasteiger partial charge in [0.15, 0.2) is 0 Å². The van der Waals surface area contributed by atoms with Crippen molar-refractivity contribution in [1.82, 2.24) is 0 Å². The molecule has 0 amide bonds. The van der Waals surface area contributed by atoms with E-state index in [0.717, 1.165) is 12.3 Å². The maximum atomic E-state index is 3.29. The Morgan fingerprint density at radius 1 is 0.926 bits per heavy atom. The van der Waals surface area contributed by atoms with Gasteiger partial charge in [0.1, 0.15) is 0 Å². The fraction of sp³-hybridized carbons (Fsp3) is 0.370. The Balaban J connectivity index is 0.000000244. The maximum absolute atomic E-state index is 3.29. The Morgan fingerprint density at radius 3 is 2.37 bits per heavy atom. The van der Waals surface area contributed by atoms with Crippen LogP contribution in [0.15, 0.2) is 89.2 Å². The summed E-state index contributed by atoms with van der Waals surface area (Å²) in [6.45, 7) is 8.92. The minimum atomic E-state index is 0.773. The van der Waals surface area contributed by atoms with Crippen LogP contribution >= 0.6 is 0 Å². The molecular weight excluding hydrogens is 324 g/mol. The van der Waals surface area contributed by atoms with Gasteiger partial charge in [0.05, 0.1) is 0 Å². The lowest BCUT2D eigenvalue weighted by Gasteiger charge is -2.15. The van der Waals surface area contributed by atoms with Crippen molar-refractivity contribution in [3.8, 4) is 0 Å². The van der Waals surface area contributed by atoms with Gasteiger partial charge in [-0.2, -0.15) is 0 Å². The molecule has 0 bridgehead atoms. The van der Waals surface area contributed by atoms with Crippen LogP contribution in [0.1, 0.15) is 65.4 Å². The second-order valence-corrected chi connectivity index (χ2v) is 7.67. The summed E-state index contributed by atoms with van der Waals surface area (Å²) in [5.74, 6) is 0.773. The van der Waals surface area contributed by atoms with E-state index in [4.69, 9.17) is 0 Å². The first-order valence-electron chi connectivity index (χ1n) is 10.3. The molecule has 0 heteroatoms. The zero-order valence-electron chi connectivity index (χ0n) is 17.5. The van der Waals surface area contributed by atoms with Crippen LogP contribution in [0.25, 0.3) is 5.57 Å². The number of rotatable bonds is 5. The molecule has 0 heterocycles. The molecule has 27 heavy (non-hydrogen) atoms. The molecule has 0 aliphatic heterocycles. The van der Waals surface area contributed by atoms with Crippen molar-refractivity contribution in [2.24, 2.45) is 5.92 Å². The summed E-state index contributed by atoms with van der Waals surface area (Å²) < 4.78 is 0. The third-order valence-corrected chi connectivity index (χ3v) is 5.20. The third-order valence-electron chi connectivity index (χ3n) is 5.20. The topological polar surface area (TPSA) is 0 Å². The normalized spacial score (nSPS) is 18.4. The highest BCUT2D eigenvalue weighted by atomic mass is 14.1. The van der Waals surface area contributed by atoms with E-state index >= 15 is 0 Å². The summed E-state index contributed by atoms with van der Waals surface area (Å²) in [6.07, 6.45) is 19.3. The minimum Gasteiger partial charge on any atom is -0.120 e. The summed E-state index contributed by atoms with van der Waals surface area (Å²) in [6, 6.07) is 10.5. The van der Waals surface area contributed by atoms with Crippen LogP contribution in [0, 0.1) is 5.92 Å². The lowest BCUT2D eigenvalue weighted by atomic mass is 9.90. The van der Waals surface area contributed by atoms with Gasteiger partial charge in [0.25, 0.3) is 0 Å². The molecule has 1 unspecified atom stereocenters. The van der Waals surface area contributed by atoms with E-state index < -0.39 is 0 Å². The molecule has 3 rings (SSSR count). The van der Waals surface area contributed by atoms with Crippen LogP contribution < -0.4 is 0 Å². The Kier molecular flexibility index (Phi) is 8.89. The molecule has 0 N–H and O–H groups in total. The van der Waals surface area contributed by atoms with E-state index in [9.17, 15) is 0 Å². The summed E-state index contributed by atoms with van der Waals surface area (Å²) in [5, 5.41) is 0. The summed E-state index contributed by atoms with van der Waals surface area (Å²) in [7, 11) is 0. The number of hydrogen-bond donors (Lipinski definition) is 0. The Morgan fingerprint density at radius 2 is 1.70 bits per heavy atom. The Hall–Kier alpha value is -2.30. The van der Waals surface area contributed by atoms with Crippen molar-refractivity contribution >= 4 is 5.57 Å². The molecule has 142 valence electrons. The third kappa shape index (κ3) is 7.45. The molecule has 0 aromatic heterocycles. The van der Waals surface area contributed by atoms with E-state index in [1.54, 1.807) is 0 Å². The Bertz CT molecular complexity index is 775. The predicted molar refractivity (Wildman–Crippen MR) is 121 cm³/mol. The van der Waals surface area contributed by atoms with Crippen molar-refractivity contribution in [1.29, 1.82) is 0 Å². The van der Waals surface area contributed by atoms with Crippen LogP contribution in [-0.4, -0.2) is 0 Å². The standard InChI is InChI=1S/C18H20.C9H14/c1-2-3-5-9-16-10-8-13-18(15-14-16)17-11-6-4-7-12-17;1-7-4-5-8(2)9(3)6-7/h4,6-7,10-15H,2-3,5,9H2,1H3;4-5,9H,6H2,1-3H3. The van der Waals surface area contributed by atoms with Gasteiger partial charge >= 0.3 is 0 Å². The van der Waals surface area contributed by atoms with Gasteiger partial charge in [-0.3, -0.25) is 0 Å². The predicted octanol–water partition coefficient (Wildman–Crippen LogP) is 8.22. The van der Waals surface area contributed by atoms with Crippen molar-refractivity contribution in [2.75, 3.05) is 0 Å². The van der Waals surface area contributed by atoms with Gasteiger partial charge in [-0.15, -0.1) is 5.73 Å². The molecule has 1 aromatic carbocycles. The van der Waals surface area contributed by atoms with Gasteiger partial charge in [-0.25, -0.2) is 0 Å². The van der Waals surface area contributed by atoms with Crippen LogP contribution in [-0.2, 0) is 0 Å². The minimum absolute atomic E-state index is 0.773. The summed E-state index contributed by atoms with van der Waals surface area (Å²) >= 11 is 0. The van der Waals surface area contributed by atoms with E-state index in [2.05, 4.69) is 94.1 Å².